The van der Waals surface area contributed by atoms with Crippen molar-refractivity contribution in [1.82, 2.24) is 15.0 Å². The van der Waals surface area contributed by atoms with Crippen LogP contribution in [0.1, 0.15) is 28.5 Å². The molecule has 1 amide bonds. The lowest BCUT2D eigenvalue weighted by Crippen LogP contribution is -2.15. The maximum Gasteiger partial charge on any atom is 0.433 e. The molecule has 4 rings (SSSR count). The van der Waals surface area contributed by atoms with Gasteiger partial charge in [-0.3, -0.25) is 14.8 Å². The molecule has 2 N–H and O–H groups in total. The lowest BCUT2D eigenvalue weighted by Gasteiger charge is -2.12. The molecule has 0 spiro atoms. The number of amides is 1. The Balaban J connectivity index is 0.00000121. The predicted octanol–water partition coefficient (Wildman–Crippen LogP) is 6.03. The van der Waals surface area contributed by atoms with E-state index in [1.807, 2.05) is 37.3 Å². The van der Waals surface area contributed by atoms with Crippen LogP contribution in [0.5, 0.6) is 0 Å². The molecule has 3 aromatic heterocycles. The summed E-state index contributed by atoms with van der Waals surface area (Å²) in [4.78, 5) is 33.4. The summed E-state index contributed by atoms with van der Waals surface area (Å²) in [6.45, 7) is 3.38. The highest BCUT2D eigenvalue weighted by molar-refractivity contribution is 6.04. The number of nitrogens with one attached hydrogen (secondary N) is 2. The van der Waals surface area contributed by atoms with Crippen molar-refractivity contribution in [2.24, 2.45) is 0 Å². The van der Waals surface area contributed by atoms with E-state index in [1.165, 1.54) is 13.0 Å². The standard InChI is InChI=1S/C25H20F3N5O.C2H4O/c1-15-3-4-19(33-24(34)18-7-9-31-22(12-18)25(26,27)28)14-20(15)16-5-8-30-21(11-16)17-6-10-32-23(13-17)29-2;1-2-3/h3-14H,1-2H3,(H,29,32)(H,33,34);2H,1H3. The number of carbonyl (C=O) groups excluding carboxylic acids is 2. The summed E-state index contributed by atoms with van der Waals surface area (Å²) in [7, 11) is 1.79. The SMILES string of the molecule is CC=O.CNc1cc(-c2cc(-c3cc(NC(=O)c4ccnc(C(F)(F)F)c4)ccc3C)ccn2)ccn1. The van der Waals surface area contributed by atoms with Gasteiger partial charge in [0.25, 0.3) is 5.91 Å². The molecular weight excluding hydrogens is 483 g/mol. The van der Waals surface area contributed by atoms with Gasteiger partial charge in [-0.15, -0.1) is 0 Å². The first-order valence-corrected chi connectivity index (χ1v) is 11.1. The van der Waals surface area contributed by atoms with Crippen molar-refractivity contribution in [2.75, 3.05) is 17.7 Å². The van der Waals surface area contributed by atoms with Crippen molar-refractivity contribution in [3.05, 3.63) is 90.0 Å². The van der Waals surface area contributed by atoms with Gasteiger partial charge in [-0.25, -0.2) is 4.98 Å². The average Bonchev–Trinajstić information content (AvgIpc) is 2.90. The highest BCUT2D eigenvalue weighted by Crippen LogP contribution is 2.31. The Morgan fingerprint density at radius 3 is 2.27 bits per heavy atom. The number of aldehydes is 1. The van der Waals surface area contributed by atoms with Crippen molar-refractivity contribution in [3.8, 4) is 22.4 Å². The summed E-state index contributed by atoms with van der Waals surface area (Å²) >= 11 is 0. The molecule has 10 heteroatoms. The number of benzene rings is 1. The highest BCUT2D eigenvalue weighted by atomic mass is 19.4. The monoisotopic (exact) mass is 507 g/mol. The van der Waals surface area contributed by atoms with Crippen molar-refractivity contribution in [3.63, 3.8) is 0 Å². The topological polar surface area (TPSA) is 96.9 Å². The van der Waals surface area contributed by atoms with Crippen molar-refractivity contribution >= 4 is 23.7 Å². The van der Waals surface area contributed by atoms with Crippen LogP contribution in [0.25, 0.3) is 22.4 Å². The molecule has 0 saturated heterocycles. The Bertz CT molecular complexity index is 1410. The molecule has 0 aliphatic rings. The molecule has 0 atom stereocenters. The number of pyridine rings is 3. The van der Waals surface area contributed by atoms with E-state index in [9.17, 15) is 18.0 Å². The Kier molecular flexibility index (Phi) is 8.68. The lowest BCUT2D eigenvalue weighted by atomic mass is 9.99. The molecule has 0 bridgehead atoms. The molecule has 0 radical (unpaired) electrons. The summed E-state index contributed by atoms with van der Waals surface area (Å²) in [6, 6.07) is 14.8. The van der Waals surface area contributed by atoms with E-state index in [4.69, 9.17) is 4.79 Å². The Hall–Kier alpha value is -4.60. The van der Waals surface area contributed by atoms with Crippen LogP contribution in [0.3, 0.4) is 0 Å². The third kappa shape index (κ3) is 6.97. The number of hydrogen-bond acceptors (Lipinski definition) is 6. The maximum absolute atomic E-state index is 12.9. The fourth-order valence-electron chi connectivity index (χ4n) is 3.42. The normalized spacial score (nSPS) is 10.6. The molecule has 0 unspecified atom stereocenters. The smallest absolute Gasteiger partial charge is 0.373 e. The van der Waals surface area contributed by atoms with E-state index in [-0.39, 0.29) is 5.56 Å². The highest BCUT2D eigenvalue weighted by Gasteiger charge is 2.33. The molecule has 0 aliphatic heterocycles. The third-order valence-electron chi connectivity index (χ3n) is 5.19. The first kappa shape index (κ1) is 27.0. The van der Waals surface area contributed by atoms with Crippen LogP contribution in [0.4, 0.5) is 24.7 Å². The predicted molar refractivity (Wildman–Crippen MR) is 136 cm³/mol. The molecule has 0 fully saturated rings. The van der Waals surface area contributed by atoms with Gasteiger partial charge in [0.05, 0.1) is 5.69 Å². The van der Waals surface area contributed by atoms with Crippen LogP contribution < -0.4 is 10.6 Å². The minimum atomic E-state index is -4.63. The van der Waals surface area contributed by atoms with Crippen molar-refractivity contribution in [2.45, 2.75) is 20.0 Å². The summed E-state index contributed by atoms with van der Waals surface area (Å²) in [5.74, 6) is 0.0601. The first-order chi connectivity index (χ1) is 17.7. The van der Waals surface area contributed by atoms with E-state index in [0.717, 1.165) is 52.3 Å². The average molecular weight is 508 g/mol. The van der Waals surface area contributed by atoms with Gasteiger partial charge in [0, 0.05) is 42.5 Å². The number of aryl methyl sites for hydroxylation is 1. The minimum Gasteiger partial charge on any atom is -0.373 e. The fourth-order valence-corrected chi connectivity index (χ4v) is 3.42. The largest absolute Gasteiger partial charge is 0.433 e. The summed E-state index contributed by atoms with van der Waals surface area (Å²) in [6.07, 6.45) is 0.481. The quantitative estimate of drug-likeness (QED) is 0.320. The van der Waals surface area contributed by atoms with E-state index in [1.54, 1.807) is 31.6 Å². The number of nitrogens with zero attached hydrogens (tertiary/aromatic N) is 3. The van der Waals surface area contributed by atoms with E-state index in [0.29, 0.717) is 5.69 Å². The first-order valence-electron chi connectivity index (χ1n) is 11.1. The van der Waals surface area contributed by atoms with Crippen LogP contribution in [0.15, 0.2) is 73.2 Å². The second kappa shape index (κ2) is 11.9. The zero-order valence-electron chi connectivity index (χ0n) is 20.3. The van der Waals surface area contributed by atoms with E-state index in [2.05, 4.69) is 25.6 Å². The van der Waals surface area contributed by atoms with Gasteiger partial charge in [0.15, 0.2) is 0 Å². The van der Waals surface area contributed by atoms with Crippen molar-refractivity contribution < 1.29 is 22.8 Å². The van der Waals surface area contributed by atoms with Gasteiger partial charge in [-0.1, -0.05) is 6.07 Å². The van der Waals surface area contributed by atoms with Crippen LogP contribution >= 0.6 is 0 Å². The lowest BCUT2D eigenvalue weighted by molar-refractivity contribution is -0.141. The number of alkyl halides is 3. The maximum atomic E-state index is 12.9. The molecule has 4 aromatic rings. The Morgan fingerprint density at radius 2 is 1.57 bits per heavy atom. The molecule has 0 aliphatic carbocycles. The fraction of sp³-hybridized carbons (Fsp3) is 0.148. The van der Waals surface area contributed by atoms with Gasteiger partial charge in [-0.2, -0.15) is 13.2 Å². The molecule has 1 aromatic carbocycles. The number of anilines is 2. The molecule has 7 nitrogen and oxygen atoms in total. The molecule has 37 heavy (non-hydrogen) atoms. The zero-order chi connectivity index (χ0) is 27.0. The number of aromatic nitrogens is 3. The van der Waals surface area contributed by atoms with Crippen LogP contribution in [0, 0.1) is 6.92 Å². The number of halogens is 3. The number of hydrogen-bond donors (Lipinski definition) is 2. The zero-order valence-corrected chi connectivity index (χ0v) is 20.3. The van der Waals surface area contributed by atoms with E-state index < -0.39 is 17.8 Å². The van der Waals surface area contributed by atoms with Crippen LogP contribution in [0.2, 0.25) is 0 Å². The van der Waals surface area contributed by atoms with E-state index >= 15 is 0 Å². The van der Waals surface area contributed by atoms with Gasteiger partial charge in [0.2, 0.25) is 0 Å². The Labute approximate surface area is 211 Å². The number of carbonyl (C=O) groups is 2. The van der Waals surface area contributed by atoms with Gasteiger partial charge >= 0.3 is 6.18 Å². The second-order valence-corrected chi connectivity index (χ2v) is 7.76. The van der Waals surface area contributed by atoms with Crippen LogP contribution in [-0.2, 0) is 11.0 Å². The summed E-state index contributed by atoms with van der Waals surface area (Å²) in [5, 5.41) is 5.67. The second-order valence-electron chi connectivity index (χ2n) is 7.76. The molecule has 3 heterocycles. The Morgan fingerprint density at radius 1 is 0.892 bits per heavy atom. The molecule has 190 valence electrons. The van der Waals surface area contributed by atoms with Gasteiger partial charge < -0.3 is 15.4 Å². The summed E-state index contributed by atoms with van der Waals surface area (Å²) < 4.78 is 38.8. The molecular formula is C27H24F3N5O2. The number of rotatable bonds is 5. The summed E-state index contributed by atoms with van der Waals surface area (Å²) in [5.41, 5.74) is 3.54. The van der Waals surface area contributed by atoms with Crippen molar-refractivity contribution in [1.29, 1.82) is 0 Å². The van der Waals surface area contributed by atoms with Gasteiger partial charge in [-0.05, 0) is 79.1 Å². The van der Waals surface area contributed by atoms with Crippen LogP contribution in [-0.4, -0.2) is 34.2 Å². The minimum absolute atomic E-state index is 0.131. The van der Waals surface area contributed by atoms with Gasteiger partial charge in [0.1, 0.15) is 17.8 Å². The molecule has 0 saturated carbocycles. The third-order valence-corrected chi connectivity index (χ3v) is 5.19.